The van der Waals surface area contributed by atoms with Gasteiger partial charge in [-0.25, -0.2) is 18.4 Å². The van der Waals surface area contributed by atoms with Gasteiger partial charge >= 0.3 is 0 Å². The number of aromatic nitrogens is 5. The van der Waals surface area contributed by atoms with Crippen LogP contribution in [-0.2, 0) is 14.8 Å². The smallest absolute Gasteiger partial charge is 0.243 e. The highest BCUT2D eigenvalue weighted by atomic mass is 32.2. The number of aryl methyl sites for hydroxylation is 2. The molecule has 0 fully saturated rings. The Labute approximate surface area is 237 Å². The zero-order valence-corrected chi connectivity index (χ0v) is 24.0. The predicted molar refractivity (Wildman–Crippen MR) is 147 cm³/mol. The van der Waals surface area contributed by atoms with E-state index in [0.717, 1.165) is 5.56 Å². The van der Waals surface area contributed by atoms with Gasteiger partial charge < -0.3 is 28.8 Å². The monoisotopic (exact) mass is 588 g/mol. The number of benzene rings is 1. The number of nitrogens with zero attached hydrogens (tertiary/aromatic N) is 5. The van der Waals surface area contributed by atoms with Gasteiger partial charge in [0.2, 0.25) is 21.8 Å². The highest BCUT2D eigenvalue weighted by molar-refractivity contribution is 7.93. The van der Waals surface area contributed by atoms with Crippen molar-refractivity contribution in [1.29, 1.82) is 0 Å². The summed E-state index contributed by atoms with van der Waals surface area (Å²) in [6.07, 6.45) is 0.608. The average molecular weight is 589 g/mol. The van der Waals surface area contributed by atoms with Crippen LogP contribution >= 0.6 is 0 Å². The molecule has 0 bridgehead atoms. The van der Waals surface area contributed by atoms with Gasteiger partial charge in [-0.1, -0.05) is 6.07 Å². The number of ether oxygens (including phenoxy) is 3. The molecule has 3 aromatic heterocycles. The first-order chi connectivity index (χ1) is 19.6. The number of methoxy groups -OCH3 is 2. The Morgan fingerprint density at radius 2 is 1.71 bits per heavy atom. The molecule has 0 aliphatic heterocycles. The van der Waals surface area contributed by atoms with Crippen molar-refractivity contribution in [2.24, 2.45) is 0 Å². The Morgan fingerprint density at radius 1 is 1.05 bits per heavy atom. The minimum Gasteiger partial charge on any atom is -0.494 e. The topological polar surface area (TPSA) is 184 Å². The summed E-state index contributed by atoms with van der Waals surface area (Å²) < 4.78 is 54.2. The molecule has 0 radical (unpaired) electrons. The maximum Gasteiger partial charge on any atom is 0.243 e. The van der Waals surface area contributed by atoms with E-state index in [-0.39, 0.29) is 24.2 Å². The summed E-state index contributed by atoms with van der Waals surface area (Å²) in [4.78, 5) is 8.46. The molecule has 0 unspecified atom stereocenters. The fraction of sp³-hybridized carbons (Fsp3) is 0.385. The Kier molecular flexibility index (Phi) is 9.22. The maximum atomic E-state index is 13.8. The van der Waals surface area contributed by atoms with Crippen molar-refractivity contribution < 1.29 is 37.3 Å². The number of rotatable bonds is 13. The lowest BCUT2D eigenvalue weighted by atomic mass is 10.2. The van der Waals surface area contributed by atoms with E-state index in [1.807, 2.05) is 0 Å². The molecular weight excluding hydrogens is 556 g/mol. The fourth-order valence-electron chi connectivity index (χ4n) is 3.95. The normalized spacial score (nSPS) is 13.9. The van der Waals surface area contributed by atoms with E-state index >= 15 is 0 Å². The lowest BCUT2D eigenvalue weighted by molar-refractivity contribution is -0.0324. The van der Waals surface area contributed by atoms with Gasteiger partial charge in [-0.15, -0.1) is 10.2 Å². The SMILES string of the molecule is COc1cccc(OC)c1-n1c(NS(=O)(=O)[C@@H](C)[C@@H](OC[C@H](O)CO)c2ncc(C)cn2)nnc1-c1ccc(C)o1. The van der Waals surface area contributed by atoms with Gasteiger partial charge in [-0.2, -0.15) is 0 Å². The number of sulfonamides is 1. The molecule has 0 saturated carbocycles. The summed E-state index contributed by atoms with van der Waals surface area (Å²) in [7, 11) is -1.36. The number of nitrogens with one attached hydrogen (secondary N) is 1. The summed E-state index contributed by atoms with van der Waals surface area (Å²) >= 11 is 0. The number of anilines is 1. The molecule has 0 saturated heterocycles. The predicted octanol–water partition coefficient (Wildman–Crippen LogP) is 2.19. The van der Waals surface area contributed by atoms with Crippen LogP contribution in [0.4, 0.5) is 5.95 Å². The molecule has 4 aromatic rings. The number of hydrogen-bond acceptors (Lipinski definition) is 12. The highest BCUT2D eigenvalue weighted by Crippen LogP contribution is 2.38. The van der Waals surface area contributed by atoms with Gasteiger partial charge in [-0.05, 0) is 50.6 Å². The van der Waals surface area contributed by atoms with Gasteiger partial charge in [0, 0.05) is 12.4 Å². The second kappa shape index (κ2) is 12.6. The first kappa shape index (κ1) is 29.9. The lowest BCUT2D eigenvalue weighted by Crippen LogP contribution is -2.35. The van der Waals surface area contributed by atoms with Crippen LogP contribution in [0.25, 0.3) is 17.3 Å². The van der Waals surface area contributed by atoms with Crippen LogP contribution in [0.3, 0.4) is 0 Å². The van der Waals surface area contributed by atoms with Crippen molar-refractivity contribution in [3.05, 3.63) is 59.9 Å². The molecule has 3 atom stereocenters. The zero-order valence-electron chi connectivity index (χ0n) is 23.2. The van der Waals surface area contributed by atoms with E-state index in [0.29, 0.717) is 28.7 Å². The van der Waals surface area contributed by atoms with E-state index < -0.39 is 34.1 Å². The van der Waals surface area contributed by atoms with E-state index in [1.165, 1.54) is 38.1 Å². The third-order valence-electron chi connectivity index (χ3n) is 6.13. The minimum atomic E-state index is -4.29. The molecule has 3 heterocycles. The number of hydrogen-bond donors (Lipinski definition) is 3. The lowest BCUT2D eigenvalue weighted by Gasteiger charge is -2.25. The molecule has 0 aliphatic carbocycles. The number of para-hydroxylation sites is 1. The van der Waals surface area contributed by atoms with Gasteiger partial charge in [0.05, 0.1) is 27.4 Å². The molecule has 15 heteroatoms. The Hall–Kier alpha value is -4.05. The van der Waals surface area contributed by atoms with Gasteiger partial charge in [0.1, 0.15) is 40.4 Å². The van der Waals surface area contributed by atoms with Crippen LogP contribution < -0.4 is 14.2 Å². The van der Waals surface area contributed by atoms with E-state index in [4.69, 9.17) is 18.6 Å². The number of aliphatic hydroxyl groups is 2. The van der Waals surface area contributed by atoms with Crippen molar-refractivity contribution in [3.63, 3.8) is 0 Å². The highest BCUT2D eigenvalue weighted by Gasteiger charge is 2.36. The summed E-state index contributed by atoms with van der Waals surface area (Å²) in [6.45, 7) is 4.03. The van der Waals surface area contributed by atoms with E-state index in [9.17, 15) is 18.6 Å². The molecule has 14 nitrogen and oxygen atoms in total. The quantitative estimate of drug-likeness (QED) is 0.207. The molecule has 41 heavy (non-hydrogen) atoms. The molecule has 4 rings (SSSR count). The summed E-state index contributed by atoms with van der Waals surface area (Å²) in [6, 6.07) is 8.51. The molecule has 3 N–H and O–H groups in total. The van der Waals surface area contributed by atoms with Crippen molar-refractivity contribution in [1.82, 2.24) is 24.7 Å². The van der Waals surface area contributed by atoms with Crippen LogP contribution in [0.2, 0.25) is 0 Å². The van der Waals surface area contributed by atoms with Crippen molar-refractivity contribution >= 4 is 16.0 Å². The Bertz CT molecular complexity index is 1550. The summed E-state index contributed by atoms with van der Waals surface area (Å²) in [5.41, 5.74) is 1.09. The summed E-state index contributed by atoms with van der Waals surface area (Å²) in [5.74, 6) is 1.74. The van der Waals surface area contributed by atoms with Crippen molar-refractivity contribution in [3.8, 4) is 28.8 Å². The van der Waals surface area contributed by atoms with E-state index in [1.54, 1.807) is 44.2 Å². The second-order valence-corrected chi connectivity index (χ2v) is 11.2. The summed E-state index contributed by atoms with van der Waals surface area (Å²) in [5, 5.41) is 26.1. The van der Waals surface area contributed by atoms with Gasteiger partial charge in [0.25, 0.3) is 0 Å². The minimum absolute atomic E-state index is 0.0817. The van der Waals surface area contributed by atoms with Crippen LogP contribution in [-0.4, -0.2) is 82.2 Å². The second-order valence-electron chi connectivity index (χ2n) is 9.17. The standard InChI is InChI=1S/C26H32N6O8S/c1-15-11-27-24(28-12-15)23(39-14-18(34)13-33)17(3)41(35,36)31-26-30-29-25(21-10-9-16(2)40-21)32(26)22-19(37-4)7-6-8-20(22)38-5/h6-12,17-18,23,33-34H,13-14H2,1-5H3,(H,30,31)/t17-,18+,23+/m0/s1. The molecule has 0 spiro atoms. The molecule has 0 aliphatic rings. The van der Waals surface area contributed by atoms with Crippen LogP contribution in [0.15, 0.2) is 47.1 Å². The molecule has 0 amide bonds. The molecule has 1 aromatic carbocycles. The Balaban J connectivity index is 1.80. The third kappa shape index (κ3) is 6.48. The molecular formula is C26H32N6O8S. The largest absolute Gasteiger partial charge is 0.494 e. The average Bonchev–Trinajstić information content (AvgIpc) is 3.58. The van der Waals surface area contributed by atoms with E-state index in [2.05, 4.69) is 24.9 Å². The molecule has 220 valence electrons. The van der Waals surface area contributed by atoms with Gasteiger partial charge in [-0.3, -0.25) is 9.29 Å². The number of aliphatic hydroxyl groups excluding tert-OH is 2. The van der Waals surface area contributed by atoms with Gasteiger partial charge in [0.15, 0.2) is 11.6 Å². The van der Waals surface area contributed by atoms with Crippen molar-refractivity contribution in [2.75, 3.05) is 32.2 Å². The van der Waals surface area contributed by atoms with Crippen LogP contribution in [0, 0.1) is 13.8 Å². The third-order valence-corrected chi connectivity index (χ3v) is 7.83. The number of furan rings is 1. The van der Waals surface area contributed by atoms with Crippen LogP contribution in [0.1, 0.15) is 30.2 Å². The van der Waals surface area contributed by atoms with Crippen molar-refractivity contribution in [2.45, 2.75) is 38.2 Å². The Morgan fingerprint density at radius 3 is 2.27 bits per heavy atom. The maximum absolute atomic E-state index is 13.8. The fourth-order valence-corrected chi connectivity index (χ4v) is 5.05. The zero-order chi connectivity index (χ0) is 29.7. The first-order valence-corrected chi connectivity index (χ1v) is 14.1. The first-order valence-electron chi connectivity index (χ1n) is 12.5. The van der Waals surface area contributed by atoms with Crippen LogP contribution in [0.5, 0.6) is 11.5 Å².